The summed E-state index contributed by atoms with van der Waals surface area (Å²) in [6.07, 6.45) is 1.56. The van der Waals surface area contributed by atoms with Gasteiger partial charge in [0.1, 0.15) is 28.8 Å². The fraction of sp³-hybridized carbons (Fsp3) is 0.188. The first kappa shape index (κ1) is 29.8. The van der Waals surface area contributed by atoms with E-state index in [4.69, 9.17) is 23.7 Å². The number of aromatic nitrogens is 3. The average molecular weight is 601 g/mol. The molecule has 0 saturated carbocycles. The Balaban J connectivity index is 1.52. The second kappa shape index (κ2) is 13.1. The number of carbonyl (C=O) groups is 2. The molecule has 2 heterocycles. The Hall–Kier alpha value is -5.65. The van der Waals surface area contributed by atoms with Crippen LogP contribution in [0.2, 0.25) is 0 Å². The van der Waals surface area contributed by atoms with Crippen molar-refractivity contribution in [3.63, 3.8) is 0 Å². The van der Waals surface area contributed by atoms with Gasteiger partial charge in [-0.15, -0.1) is 5.10 Å². The van der Waals surface area contributed by atoms with Gasteiger partial charge in [0.15, 0.2) is 11.5 Å². The summed E-state index contributed by atoms with van der Waals surface area (Å²) >= 11 is 0. The summed E-state index contributed by atoms with van der Waals surface area (Å²) in [6, 6.07) is 17.3. The molecule has 44 heavy (non-hydrogen) atoms. The number of halogens is 1. The van der Waals surface area contributed by atoms with E-state index in [2.05, 4.69) is 15.4 Å². The summed E-state index contributed by atoms with van der Waals surface area (Å²) in [4.78, 5) is 31.7. The molecule has 0 bridgehead atoms. The fourth-order valence-corrected chi connectivity index (χ4v) is 4.63. The zero-order valence-electron chi connectivity index (χ0n) is 24.4. The summed E-state index contributed by atoms with van der Waals surface area (Å²) in [6.45, 7) is 0. The first-order chi connectivity index (χ1) is 21.3. The Morgan fingerprint density at radius 1 is 0.864 bits per heavy atom. The first-order valence-corrected chi connectivity index (χ1v) is 13.4. The molecule has 1 amide bonds. The van der Waals surface area contributed by atoms with Gasteiger partial charge in [-0.25, -0.2) is 13.9 Å². The molecule has 0 aliphatic carbocycles. The van der Waals surface area contributed by atoms with Crippen LogP contribution >= 0.6 is 0 Å². The Bertz CT molecular complexity index is 1780. The van der Waals surface area contributed by atoms with Gasteiger partial charge in [-0.3, -0.25) is 9.59 Å². The highest BCUT2D eigenvalue weighted by Gasteiger charge is 2.29. The topological polar surface area (TPSA) is 123 Å². The van der Waals surface area contributed by atoms with Gasteiger partial charge in [-0.2, -0.15) is 0 Å². The normalized spacial score (nSPS) is 11.5. The van der Waals surface area contributed by atoms with E-state index in [0.717, 1.165) is 0 Å². The molecule has 2 aromatic heterocycles. The summed E-state index contributed by atoms with van der Waals surface area (Å²) in [5.41, 5.74) is 2.04. The lowest BCUT2D eigenvalue weighted by Crippen LogP contribution is -2.27. The van der Waals surface area contributed by atoms with Crippen LogP contribution in [0.1, 0.15) is 17.2 Å². The number of fused-ring (bicyclic) bond motifs is 1. The molecule has 0 saturated heterocycles. The van der Waals surface area contributed by atoms with Gasteiger partial charge in [0.25, 0.3) is 5.91 Å². The van der Waals surface area contributed by atoms with Crippen LogP contribution in [-0.4, -0.2) is 54.9 Å². The van der Waals surface area contributed by atoms with Crippen molar-refractivity contribution < 1.29 is 37.7 Å². The Morgan fingerprint density at radius 2 is 1.50 bits per heavy atom. The van der Waals surface area contributed by atoms with Gasteiger partial charge in [0, 0.05) is 30.1 Å². The zero-order chi connectivity index (χ0) is 31.2. The summed E-state index contributed by atoms with van der Waals surface area (Å²) < 4.78 is 42.9. The molecule has 5 aromatic rings. The minimum Gasteiger partial charge on any atom is -0.497 e. The molecule has 0 aliphatic heterocycles. The second-order valence-corrected chi connectivity index (χ2v) is 9.52. The zero-order valence-corrected chi connectivity index (χ0v) is 24.4. The number of ether oxygens (including phenoxy) is 5. The van der Waals surface area contributed by atoms with Crippen LogP contribution in [0.4, 0.5) is 10.2 Å². The predicted molar refractivity (Wildman–Crippen MR) is 159 cm³/mol. The van der Waals surface area contributed by atoms with Crippen molar-refractivity contribution in [2.75, 3.05) is 33.8 Å². The third-order valence-corrected chi connectivity index (χ3v) is 6.67. The number of nitrogens with zero attached hydrogens (tertiary/aromatic N) is 3. The number of rotatable bonds is 11. The molecule has 0 fully saturated rings. The number of esters is 1. The van der Waals surface area contributed by atoms with Crippen molar-refractivity contribution in [1.82, 2.24) is 14.6 Å². The number of carbonyl (C=O) groups excluding carboxylic acids is 2. The Labute approximate surface area is 252 Å². The summed E-state index contributed by atoms with van der Waals surface area (Å²) in [5.74, 6) is -0.0747. The van der Waals surface area contributed by atoms with E-state index < -0.39 is 23.8 Å². The molecule has 226 valence electrons. The van der Waals surface area contributed by atoms with Crippen LogP contribution in [0.3, 0.4) is 0 Å². The highest BCUT2D eigenvalue weighted by atomic mass is 19.1. The van der Waals surface area contributed by atoms with Crippen molar-refractivity contribution >= 4 is 23.3 Å². The Kier molecular flexibility index (Phi) is 8.89. The molecule has 1 atom stereocenters. The lowest BCUT2D eigenvalue weighted by Gasteiger charge is -2.19. The molecule has 0 spiro atoms. The fourth-order valence-electron chi connectivity index (χ4n) is 4.63. The van der Waals surface area contributed by atoms with E-state index in [9.17, 15) is 14.0 Å². The lowest BCUT2D eigenvalue weighted by molar-refractivity contribution is -0.154. The highest BCUT2D eigenvalue weighted by Crippen LogP contribution is 2.34. The van der Waals surface area contributed by atoms with Crippen molar-refractivity contribution in [1.29, 1.82) is 0 Å². The number of amides is 1. The highest BCUT2D eigenvalue weighted by molar-refractivity contribution is 6.01. The van der Waals surface area contributed by atoms with Crippen LogP contribution in [0, 0.1) is 5.82 Å². The van der Waals surface area contributed by atoms with Gasteiger partial charge in [0.05, 0.1) is 40.4 Å². The van der Waals surface area contributed by atoms with Crippen LogP contribution < -0.4 is 24.3 Å². The van der Waals surface area contributed by atoms with Crippen molar-refractivity contribution in [3.8, 4) is 34.1 Å². The average Bonchev–Trinajstić information content (AvgIpc) is 3.40. The van der Waals surface area contributed by atoms with E-state index in [0.29, 0.717) is 45.3 Å². The van der Waals surface area contributed by atoms with Crippen molar-refractivity contribution in [2.24, 2.45) is 0 Å². The maximum absolute atomic E-state index is 14.2. The third kappa shape index (κ3) is 6.54. The number of nitrogens with one attached hydrogen (secondary N) is 1. The van der Waals surface area contributed by atoms with Crippen molar-refractivity contribution in [3.05, 3.63) is 96.1 Å². The molecule has 11 nitrogen and oxygen atoms in total. The van der Waals surface area contributed by atoms with Gasteiger partial charge in [0.2, 0.25) is 6.10 Å². The molecule has 1 unspecified atom stereocenters. The van der Waals surface area contributed by atoms with Crippen molar-refractivity contribution in [2.45, 2.75) is 12.5 Å². The van der Waals surface area contributed by atoms with Gasteiger partial charge in [-0.1, -0.05) is 12.1 Å². The number of benzene rings is 3. The van der Waals surface area contributed by atoms with E-state index in [1.54, 1.807) is 67.0 Å². The van der Waals surface area contributed by atoms with Crippen LogP contribution in [0.15, 0.2) is 79.1 Å². The molecular formula is C32H29FN4O7. The van der Waals surface area contributed by atoms with E-state index >= 15 is 0 Å². The number of hydrogen-bond donors (Lipinski definition) is 1. The maximum Gasteiger partial charge on any atom is 0.311 e. The van der Waals surface area contributed by atoms with Crippen LogP contribution in [0.25, 0.3) is 16.8 Å². The minimum absolute atomic E-state index is 0.0905. The van der Waals surface area contributed by atoms with Gasteiger partial charge < -0.3 is 29.0 Å². The van der Waals surface area contributed by atoms with Crippen LogP contribution in [0.5, 0.6) is 23.0 Å². The smallest absolute Gasteiger partial charge is 0.311 e. The molecule has 3 aromatic carbocycles. The standard InChI is InChI=1S/C32H29FN4O7/c1-40-23-11-19(12-24(17-23)41-2)13-27(38)44-29(21-15-25(42-3)18-26(16-21)43-4)32(39)35-30-28(20-7-5-8-22(33)14-20)31-34-9-6-10-37(31)36-30/h5-12,14-18,29H,13H2,1-4H3,(H,35,36,39). The number of anilines is 1. The molecular weight excluding hydrogens is 571 g/mol. The Morgan fingerprint density at radius 3 is 2.11 bits per heavy atom. The molecule has 12 heteroatoms. The third-order valence-electron chi connectivity index (χ3n) is 6.67. The second-order valence-electron chi connectivity index (χ2n) is 9.52. The monoisotopic (exact) mass is 600 g/mol. The predicted octanol–water partition coefficient (Wildman–Crippen LogP) is 5.04. The quantitative estimate of drug-likeness (QED) is 0.208. The van der Waals surface area contributed by atoms with E-state index in [-0.39, 0.29) is 17.8 Å². The van der Waals surface area contributed by atoms with E-state index in [1.165, 1.54) is 45.1 Å². The summed E-state index contributed by atoms with van der Waals surface area (Å²) in [7, 11) is 5.93. The number of hydrogen-bond acceptors (Lipinski definition) is 9. The maximum atomic E-state index is 14.2. The lowest BCUT2D eigenvalue weighted by atomic mass is 10.1. The van der Waals surface area contributed by atoms with Crippen LogP contribution in [-0.2, 0) is 20.7 Å². The molecule has 0 radical (unpaired) electrons. The summed E-state index contributed by atoms with van der Waals surface area (Å²) in [5, 5.41) is 7.23. The first-order valence-electron chi connectivity index (χ1n) is 13.4. The SMILES string of the molecule is COc1cc(CC(=O)OC(C(=O)Nc2nn3cccnc3c2-c2cccc(F)c2)c2cc(OC)cc(OC)c2)cc(OC)c1. The van der Waals surface area contributed by atoms with Gasteiger partial charge in [-0.05, 0) is 53.6 Å². The van der Waals surface area contributed by atoms with E-state index in [1.807, 2.05) is 0 Å². The molecule has 1 N–H and O–H groups in total. The molecule has 0 aliphatic rings. The number of methoxy groups -OCH3 is 4. The molecule has 5 rings (SSSR count). The van der Waals surface area contributed by atoms with Gasteiger partial charge >= 0.3 is 5.97 Å². The minimum atomic E-state index is -1.46. The largest absolute Gasteiger partial charge is 0.497 e.